The van der Waals surface area contributed by atoms with E-state index in [0.717, 1.165) is 27.9 Å². The summed E-state index contributed by atoms with van der Waals surface area (Å²) >= 11 is 0. The van der Waals surface area contributed by atoms with E-state index in [9.17, 15) is 9.59 Å². The van der Waals surface area contributed by atoms with Crippen molar-refractivity contribution in [3.63, 3.8) is 0 Å². The van der Waals surface area contributed by atoms with Crippen LogP contribution in [0.5, 0.6) is 5.75 Å². The summed E-state index contributed by atoms with van der Waals surface area (Å²) in [6.45, 7) is 8.28. The molecule has 4 nitrogen and oxygen atoms in total. The van der Waals surface area contributed by atoms with Crippen LogP contribution in [-0.4, -0.2) is 18.4 Å². The summed E-state index contributed by atoms with van der Waals surface area (Å²) in [5.74, 6) is -0.236. The Morgan fingerprint density at radius 3 is 2.56 bits per heavy atom. The molecule has 0 N–H and O–H groups in total. The van der Waals surface area contributed by atoms with Gasteiger partial charge in [-0.25, -0.2) is 0 Å². The fourth-order valence-electron chi connectivity index (χ4n) is 3.23. The molecular formula is C21H23NO3. The molecule has 0 bridgehead atoms. The maximum Gasteiger partial charge on any atom is 0.316 e. The van der Waals surface area contributed by atoms with Gasteiger partial charge >= 0.3 is 5.97 Å². The third kappa shape index (κ3) is 3.43. The van der Waals surface area contributed by atoms with Gasteiger partial charge in [0.25, 0.3) is 0 Å². The van der Waals surface area contributed by atoms with Crippen LogP contribution in [0, 0.1) is 33.6 Å². The highest BCUT2D eigenvalue weighted by Crippen LogP contribution is 2.30. The number of hydrogen-bond acceptors (Lipinski definition) is 3. The number of benzene rings is 2. The Morgan fingerprint density at radius 2 is 1.84 bits per heavy atom. The van der Waals surface area contributed by atoms with Crippen molar-refractivity contribution in [3.8, 4) is 5.75 Å². The number of amides is 1. The lowest BCUT2D eigenvalue weighted by Gasteiger charge is -2.19. The first-order valence-corrected chi connectivity index (χ1v) is 8.52. The number of nitrogens with zero attached hydrogens (tertiary/aromatic N) is 1. The summed E-state index contributed by atoms with van der Waals surface area (Å²) in [5, 5.41) is 0. The first-order chi connectivity index (χ1) is 11.9. The Balaban J connectivity index is 1.75. The van der Waals surface area contributed by atoms with E-state index in [2.05, 4.69) is 0 Å². The molecule has 2 aromatic carbocycles. The Kier molecular flexibility index (Phi) is 4.62. The summed E-state index contributed by atoms with van der Waals surface area (Å²) in [7, 11) is 0. The fourth-order valence-corrected chi connectivity index (χ4v) is 3.23. The zero-order valence-electron chi connectivity index (χ0n) is 15.1. The van der Waals surface area contributed by atoms with Crippen LogP contribution in [0.3, 0.4) is 0 Å². The molecule has 0 aliphatic carbocycles. The molecule has 4 heteroatoms. The molecular weight excluding hydrogens is 314 g/mol. The largest absolute Gasteiger partial charge is 0.426 e. The maximum atomic E-state index is 12.5. The SMILES string of the molecule is Cc1ccc(N2C[C@H](C(=O)Oc3cccc(C)c3C)CC2=O)c(C)c1. The molecule has 1 saturated heterocycles. The molecule has 1 amide bonds. The highest BCUT2D eigenvalue weighted by molar-refractivity contribution is 6.00. The second-order valence-electron chi connectivity index (χ2n) is 6.81. The van der Waals surface area contributed by atoms with Gasteiger partial charge in [0.2, 0.25) is 5.91 Å². The minimum atomic E-state index is -0.437. The molecule has 0 spiro atoms. The number of aryl methyl sites for hydroxylation is 3. The Morgan fingerprint density at radius 1 is 1.08 bits per heavy atom. The third-order valence-corrected chi connectivity index (χ3v) is 4.87. The summed E-state index contributed by atoms with van der Waals surface area (Å²) in [6, 6.07) is 11.6. The molecule has 0 saturated carbocycles. The lowest BCUT2D eigenvalue weighted by molar-refractivity contribution is -0.139. The molecule has 130 valence electrons. The minimum absolute atomic E-state index is 0.0325. The van der Waals surface area contributed by atoms with E-state index >= 15 is 0 Å². The fraction of sp³-hybridized carbons (Fsp3) is 0.333. The van der Waals surface area contributed by atoms with Crippen LogP contribution >= 0.6 is 0 Å². The average molecular weight is 337 g/mol. The van der Waals surface area contributed by atoms with Crippen LogP contribution in [0.4, 0.5) is 5.69 Å². The number of esters is 1. The van der Waals surface area contributed by atoms with Crippen LogP contribution in [0.15, 0.2) is 36.4 Å². The van der Waals surface area contributed by atoms with Crippen molar-refractivity contribution in [1.29, 1.82) is 0 Å². The molecule has 1 atom stereocenters. The van der Waals surface area contributed by atoms with Crippen LogP contribution < -0.4 is 9.64 Å². The van der Waals surface area contributed by atoms with Crippen LogP contribution in [0.2, 0.25) is 0 Å². The lowest BCUT2D eigenvalue weighted by Crippen LogP contribution is -2.28. The van der Waals surface area contributed by atoms with E-state index in [-0.39, 0.29) is 18.3 Å². The molecule has 1 aliphatic heterocycles. The van der Waals surface area contributed by atoms with Gasteiger partial charge in [-0.05, 0) is 56.5 Å². The molecule has 1 heterocycles. The first kappa shape index (κ1) is 17.2. The second-order valence-corrected chi connectivity index (χ2v) is 6.81. The smallest absolute Gasteiger partial charge is 0.316 e. The summed E-state index contributed by atoms with van der Waals surface area (Å²) in [5.41, 5.74) is 5.09. The topological polar surface area (TPSA) is 46.6 Å². The number of anilines is 1. The standard InChI is InChI=1S/C21H23NO3/c1-13-8-9-18(15(3)10-13)22-12-17(11-20(22)23)21(24)25-19-7-5-6-14(2)16(19)4/h5-10,17H,11-12H2,1-4H3/t17-/m1/s1. The van der Waals surface area contributed by atoms with Crippen molar-refractivity contribution in [3.05, 3.63) is 58.7 Å². The van der Waals surface area contributed by atoms with Crippen molar-refractivity contribution in [2.75, 3.05) is 11.4 Å². The monoisotopic (exact) mass is 337 g/mol. The van der Waals surface area contributed by atoms with E-state index < -0.39 is 5.92 Å². The van der Waals surface area contributed by atoms with E-state index in [1.807, 2.05) is 58.0 Å². The van der Waals surface area contributed by atoms with Gasteiger partial charge in [-0.2, -0.15) is 0 Å². The predicted octanol–water partition coefficient (Wildman–Crippen LogP) is 3.88. The van der Waals surface area contributed by atoms with Crippen molar-refractivity contribution >= 4 is 17.6 Å². The van der Waals surface area contributed by atoms with E-state index in [0.29, 0.717) is 12.3 Å². The minimum Gasteiger partial charge on any atom is -0.426 e. The average Bonchev–Trinajstić information content (AvgIpc) is 2.94. The molecule has 0 unspecified atom stereocenters. The molecule has 1 fully saturated rings. The van der Waals surface area contributed by atoms with Crippen LogP contribution in [0.25, 0.3) is 0 Å². The zero-order valence-corrected chi connectivity index (χ0v) is 15.1. The number of rotatable bonds is 3. The van der Waals surface area contributed by atoms with Gasteiger partial charge in [-0.15, -0.1) is 0 Å². The van der Waals surface area contributed by atoms with Gasteiger partial charge in [0.1, 0.15) is 5.75 Å². The molecule has 3 rings (SSSR count). The van der Waals surface area contributed by atoms with Crippen LogP contribution in [-0.2, 0) is 9.59 Å². The Labute approximate surface area is 148 Å². The predicted molar refractivity (Wildman–Crippen MR) is 97.9 cm³/mol. The first-order valence-electron chi connectivity index (χ1n) is 8.52. The number of carbonyl (C=O) groups excluding carboxylic acids is 2. The molecule has 0 aromatic heterocycles. The number of hydrogen-bond donors (Lipinski definition) is 0. The zero-order chi connectivity index (χ0) is 18.1. The number of ether oxygens (including phenoxy) is 1. The van der Waals surface area contributed by atoms with Crippen molar-refractivity contribution in [2.45, 2.75) is 34.1 Å². The molecule has 2 aromatic rings. The van der Waals surface area contributed by atoms with Gasteiger partial charge in [-0.3, -0.25) is 9.59 Å². The van der Waals surface area contributed by atoms with Gasteiger partial charge in [0.05, 0.1) is 5.92 Å². The van der Waals surface area contributed by atoms with Gasteiger partial charge in [-0.1, -0.05) is 29.8 Å². The molecule has 0 radical (unpaired) electrons. The molecule has 1 aliphatic rings. The van der Waals surface area contributed by atoms with Gasteiger partial charge in [0.15, 0.2) is 0 Å². The highest BCUT2D eigenvalue weighted by atomic mass is 16.5. The van der Waals surface area contributed by atoms with Crippen LogP contribution in [0.1, 0.15) is 28.7 Å². The number of carbonyl (C=O) groups is 2. The molecule has 25 heavy (non-hydrogen) atoms. The van der Waals surface area contributed by atoms with Crippen molar-refractivity contribution in [1.82, 2.24) is 0 Å². The van der Waals surface area contributed by atoms with E-state index in [1.54, 1.807) is 11.0 Å². The Hall–Kier alpha value is -2.62. The van der Waals surface area contributed by atoms with Gasteiger partial charge < -0.3 is 9.64 Å². The normalized spacial score (nSPS) is 17.0. The summed E-state index contributed by atoms with van der Waals surface area (Å²) < 4.78 is 5.57. The third-order valence-electron chi connectivity index (χ3n) is 4.87. The maximum absolute atomic E-state index is 12.5. The summed E-state index contributed by atoms with van der Waals surface area (Å²) in [6.07, 6.45) is 0.191. The quantitative estimate of drug-likeness (QED) is 0.631. The highest BCUT2D eigenvalue weighted by Gasteiger charge is 2.37. The summed E-state index contributed by atoms with van der Waals surface area (Å²) in [4.78, 5) is 26.7. The lowest BCUT2D eigenvalue weighted by atomic mass is 10.1. The van der Waals surface area contributed by atoms with Gasteiger partial charge in [0, 0.05) is 18.7 Å². The van der Waals surface area contributed by atoms with E-state index in [1.165, 1.54) is 0 Å². The van der Waals surface area contributed by atoms with Crippen molar-refractivity contribution in [2.24, 2.45) is 5.92 Å². The van der Waals surface area contributed by atoms with E-state index in [4.69, 9.17) is 4.74 Å². The Bertz CT molecular complexity index is 841. The van der Waals surface area contributed by atoms with Crippen molar-refractivity contribution < 1.29 is 14.3 Å². The second kappa shape index (κ2) is 6.71.